The lowest BCUT2D eigenvalue weighted by molar-refractivity contribution is -0.118. The lowest BCUT2D eigenvalue weighted by Crippen LogP contribution is -2.27. The van der Waals surface area contributed by atoms with E-state index >= 15 is 0 Å². The van der Waals surface area contributed by atoms with Gasteiger partial charge < -0.3 is 20.4 Å². The van der Waals surface area contributed by atoms with Crippen molar-refractivity contribution in [1.82, 2.24) is 9.88 Å². The van der Waals surface area contributed by atoms with Crippen LogP contribution in [0.1, 0.15) is 5.56 Å². The molecule has 7 nitrogen and oxygen atoms in total. The van der Waals surface area contributed by atoms with Crippen LogP contribution in [-0.4, -0.2) is 36.6 Å². The van der Waals surface area contributed by atoms with Gasteiger partial charge in [-0.15, -0.1) is 0 Å². The summed E-state index contributed by atoms with van der Waals surface area (Å²) in [4.78, 5) is 23.2. The van der Waals surface area contributed by atoms with Gasteiger partial charge in [0.05, 0.1) is 6.61 Å². The fraction of sp³-hybridized carbons (Fsp3) is 0.235. The highest BCUT2D eigenvalue weighted by molar-refractivity contribution is 6.04. The standard InChI is InChI=1S/C17H18N4O3/c1-24-7-6-20-17(23)12(9-18)8-13-10-21(11-16(19)22)15-5-3-2-4-14(13)15/h2-5,8,10H,6-7,11H2,1H3,(H2,19,22)(H,20,23)/b12-8+. The molecule has 7 heteroatoms. The molecular weight excluding hydrogens is 308 g/mol. The summed E-state index contributed by atoms with van der Waals surface area (Å²) in [6.07, 6.45) is 3.21. The van der Waals surface area contributed by atoms with Crippen LogP contribution in [0.15, 0.2) is 36.0 Å². The number of carbonyl (C=O) groups excluding carboxylic acids is 2. The molecule has 24 heavy (non-hydrogen) atoms. The molecule has 0 atom stereocenters. The van der Waals surface area contributed by atoms with Gasteiger partial charge in [0.2, 0.25) is 5.91 Å². The molecule has 0 unspecified atom stereocenters. The van der Waals surface area contributed by atoms with Gasteiger partial charge in [0, 0.05) is 36.3 Å². The Morgan fingerprint density at radius 1 is 1.42 bits per heavy atom. The summed E-state index contributed by atoms with van der Waals surface area (Å²) >= 11 is 0. The van der Waals surface area contributed by atoms with Crippen molar-refractivity contribution in [2.45, 2.75) is 6.54 Å². The third-order valence-electron chi connectivity index (χ3n) is 3.40. The van der Waals surface area contributed by atoms with E-state index in [-0.39, 0.29) is 12.1 Å². The number of aromatic nitrogens is 1. The molecule has 0 fully saturated rings. The molecule has 1 heterocycles. The largest absolute Gasteiger partial charge is 0.383 e. The Morgan fingerprint density at radius 3 is 2.83 bits per heavy atom. The fourth-order valence-electron chi connectivity index (χ4n) is 2.35. The van der Waals surface area contributed by atoms with Crippen molar-refractivity contribution >= 4 is 28.8 Å². The number of benzene rings is 1. The molecule has 0 aliphatic carbocycles. The number of nitrogens with zero attached hydrogens (tertiary/aromatic N) is 2. The molecule has 2 rings (SSSR count). The monoisotopic (exact) mass is 326 g/mol. The third-order valence-corrected chi connectivity index (χ3v) is 3.40. The van der Waals surface area contributed by atoms with Crippen molar-refractivity contribution < 1.29 is 14.3 Å². The number of primary amides is 1. The molecule has 2 aromatic rings. The van der Waals surface area contributed by atoms with Gasteiger partial charge >= 0.3 is 0 Å². The summed E-state index contributed by atoms with van der Waals surface area (Å²) in [7, 11) is 1.53. The van der Waals surface area contributed by atoms with Crippen molar-refractivity contribution in [3.8, 4) is 6.07 Å². The van der Waals surface area contributed by atoms with Crippen LogP contribution >= 0.6 is 0 Å². The maximum Gasteiger partial charge on any atom is 0.262 e. The Balaban J connectivity index is 2.38. The van der Waals surface area contributed by atoms with Crippen LogP contribution in [-0.2, 0) is 20.9 Å². The summed E-state index contributed by atoms with van der Waals surface area (Å²) in [6.45, 7) is 0.705. The van der Waals surface area contributed by atoms with E-state index in [9.17, 15) is 14.9 Å². The predicted molar refractivity (Wildman–Crippen MR) is 89.6 cm³/mol. The first kappa shape index (κ1) is 17.2. The molecule has 0 aliphatic rings. The molecule has 0 saturated heterocycles. The molecule has 0 bridgehead atoms. The van der Waals surface area contributed by atoms with Crippen molar-refractivity contribution in [2.24, 2.45) is 5.73 Å². The zero-order valence-electron chi connectivity index (χ0n) is 13.3. The fourth-order valence-corrected chi connectivity index (χ4v) is 2.35. The number of hydrogen-bond acceptors (Lipinski definition) is 4. The number of rotatable bonds is 7. The van der Waals surface area contributed by atoms with Gasteiger partial charge in [-0.3, -0.25) is 9.59 Å². The van der Waals surface area contributed by atoms with E-state index in [1.165, 1.54) is 13.2 Å². The average Bonchev–Trinajstić information content (AvgIpc) is 2.90. The van der Waals surface area contributed by atoms with Crippen LogP contribution in [0.2, 0.25) is 0 Å². The third kappa shape index (κ3) is 4.00. The van der Waals surface area contributed by atoms with Gasteiger partial charge in [-0.05, 0) is 12.1 Å². The highest BCUT2D eigenvalue weighted by Crippen LogP contribution is 2.23. The summed E-state index contributed by atoms with van der Waals surface area (Å²) in [5.74, 6) is -0.939. The number of fused-ring (bicyclic) bond motifs is 1. The molecule has 1 aromatic heterocycles. The number of carbonyl (C=O) groups is 2. The van der Waals surface area contributed by atoms with Crippen molar-refractivity contribution in [3.05, 3.63) is 41.6 Å². The van der Waals surface area contributed by atoms with Crippen LogP contribution < -0.4 is 11.1 Å². The van der Waals surface area contributed by atoms with Crippen LogP contribution in [0.4, 0.5) is 0 Å². The van der Waals surface area contributed by atoms with Crippen molar-refractivity contribution in [2.75, 3.05) is 20.3 Å². The van der Waals surface area contributed by atoms with E-state index in [1.54, 1.807) is 10.8 Å². The van der Waals surface area contributed by atoms with Gasteiger partial charge in [0.15, 0.2) is 0 Å². The normalized spacial score (nSPS) is 11.2. The maximum absolute atomic E-state index is 12.0. The van der Waals surface area contributed by atoms with Gasteiger partial charge in [-0.1, -0.05) is 18.2 Å². The van der Waals surface area contributed by atoms with Crippen LogP contribution in [0.25, 0.3) is 17.0 Å². The molecule has 2 amide bonds. The highest BCUT2D eigenvalue weighted by atomic mass is 16.5. The first-order valence-corrected chi connectivity index (χ1v) is 7.32. The van der Waals surface area contributed by atoms with Crippen molar-refractivity contribution in [1.29, 1.82) is 5.26 Å². The van der Waals surface area contributed by atoms with Gasteiger partial charge in [-0.2, -0.15) is 5.26 Å². The number of amides is 2. The number of ether oxygens (including phenoxy) is 1. The number of nitrogens with one attached hydrogen (secondary N) is 1. The summed E-state index contributed by atoms with van der Waals surface area (Å²) < 4.78 is 6.55. The molecule has 0 spiro atoms. The average molecular weight is 326 g/mol. The SMILES string of the molecule is COCCNC(=O)/C(C#N)=C/c1cn(CC(N)=O)c2ccccc12. The molecule has 0 radical (unpaired) electrons. The summed E-state index contributed by atoms with van der Waals surface area (Å²) in [5, 5.41) is 12.7. The lowest BCUT2D eigenvalue weighted by atomic mass is 10.1. The minimum absolute atomic E-state index is 0.0203. The van der Waals surface area contributed by atoms with E-state index in [2.05, 4.69) is 5.32 Å². The van der Waals surface area contributed by atoms with E-state index in [4.69, 9.17) is 10.5 Å². The Bertz CT molecular complexity index is 830. The number of nitrogens with two attached hydrogens (primary N) is 1. The summed E-state index contributed by atoms with van der Waals surface area (Å²) in [6, 6.07) is 9.29. The first-order chi connectivity index (χ1) is 11.6. The quantitative estimate of drug-likeness (QED) is 0.445. The minimum atomic E-state index is -0.471. The van der Waals surface area contributed by atoms with E-state index < -0.39 is 11.8 Å². The molecule has 0 aliphatic heterocycles. The van der Waals surface area contributed by atoms with E-state index in [0.29, 0.717) is 18.7 Å². The first-order valence-electron chi connectivity index (χ1n) is 7.32. The second-order valence-corrected chi connectivity index (χ2v) is 5.11. The zero-order chi connectivity index (χ0) is 17.5. The molecule has 0 saturated carbocycles. The van der Waals surface area contributed by atoms with Gasteiger partial charge in [-0.25, -0.2) is 0 Å². The van der Waals surface area contributed by atoms with Crippen LogP contribution in [0.5, 0.6) is 0 Å². The lowest BCUT2D eigenvalue weighted by Gasteiger charge is -2.02. The second-order valence-electron chi connectivity index (χ2n) is 5.11. The van der Waals surface area contributed by atoms with Crippen molar-refractivity contribution in [3.63, 3.8) is 0 Å². The Kier molecular flexibility index (Phi) is 5.71. The van der Waals surface area contributed by atoms with Crippen LogP contribution in [0.3, 0.4) is 0 Å². The van der Waals surface area contributed by atoms with Crippen LogP contribution in [0, 0.1) is 11.3 Å². The topological polar surface area (TPSA) is 110 Å². The maximum atomic E-state index is 12.0. The minimum Gasteiger partial charge on any atom is -0.383 e. The van der Waals surface area contributed by atoms with E-state index in [0.717, 1.165) is 10.9 Å². The number of nitriles is 1. The Morgan fingerprint density at radius 2 is 2.17 bits per heavy atom. The number of hydrogen-bond donors (Lipinski definition) is 2. The highest BCUT2D eigenvalue weighted by Gasteiger charge is 2.12. The van der Waals surface area contributed by atoms with Gasteiger partial charge in [0.25, 0.3) is 5.91 Å². The van der Waals surface area contributed by atoms with E-state index in [1.807, 2.05) is 30.3 Å². The molecule has 124 valence electrons. The second kappa shape index (κ2) is 7.94. The zero-order valence-corrected chi connectivity index (χ0v) is 13.3. The Hall–Kier alpha value is -3.11. The molecular formula is C17H18N4O3. The summed E-state index contributed by atoms with van der Waals surface area (Å²) in [5.41, 5.74) is 6.72. The number of para-hydroxylation sites is 1. The smallest absolute Gasteiger partial charge is 0.262 e. The molecule has 3 N–H and O–H groups in total. The molecule has 1 aromatic carbocycles. The number of methoxy groups -OCH3 is 1. The Labute approximate surface area is 139 Å². The predicted octanol–water partition coefficient (Wildman–Crippen LogP) is 0.796. The van der Waals surface area contributed by atoms with Gasteiger partial charge in [0.1, 0.15) is 18.2 Å².